The molecule has 2 N–H and O–H groups in total. The molecule has 0 unspecified atom stereocenters. The maximum Gasteiger partial charge on any atom is 0.253 e. The topological polar surface area (TPSA) is 80.5 Å². The predicted octanol–water partition coefficient (Wildman–Crippen LogP) is 3.14. The summed E-state index contributed by atoms with van der Waals surface area (Å²) in [5, 5.41) is 0. The zero-order chi connectivity index (χ0) is 19.4. The van der Waals surface area contributed by atoms with Gasteiger partial charge in [0.1, 0.15) is 0 Å². The van der Waals surface area contributed by atoms with Gasteiger partial charge in [0.15, 0.2) is 9.84 Å². The molecule has 5 nitrogen and oxygen atoms in total. The molecule has 0 aliphatic rings. The fourth-order valence-electron chi connectivity index (χ4n) is 2.75. The minimum absolute atomic E-state index is 0. The Morgan fingerprint density at radius 3 is 2.19 bits per heavy atom. The Hall–Kier alpha value is -1.89. The first-order chi connectivity index (χ1) is 12.2. The van der Waals surface area contributed by atoms with Crippen molar-refractivity contribution in [2.45, 2.75) is 24.5 Å². The van der Waals surface area contributed by atoms with Crippen LogP contribution in [0.4, 0.5) is 0 Å². The molecular formula is C20H27ClN2O3S. The molecule has 0 atom stereocenters. The maximum atomic E-state index is 12.9. The summed E-state index contributed by atoms with van der Waals surface area (Å²) in [4.78, 5) is 14.7. The number of benzene rings is 2. The minimum Gasteiger partial charge on any atom is -0.341 e. The summed E-state index contributed by atoms with van der Waals surface area (Å²) in [5.74, 6) is -0.419. The van der Waals surface area contributed by atoms with Crippen LogP contribution in [0, 0.1) is 5.41 Å². The Kier molecular flexibility index (Phi) is 8.02. The molecule has 0 saturated heterocycles. The molecule has 0 bridgehead atoms. The zero-order valence-corrected chi connectivity index (χ0v) is 17.5. The van der Waals surface area contributed by atoms with Crippen LogP contribution in [-0.4, -0.2) is 39.4 Å². The number of halogens is 1. The first-order valence-corrected chi connectivity index (χ1v) is 10.1. The third-order valence-corrected chi connectivity index (χ3v) is 5.94. The summed E-state index contributed by atoms with van der Waals surface area (Å²) in [6.07, 6.45) is 0. The second-order valence-corrected chi connectivity index (χ2v) is 9.25. The van der Waals surface area contributed by atoms with Crippen LogP contribution in [0.15, 0.2) is 59.5 Å². The van der Waals surface area contributed by atoms with E-state index >= 15 is 0 Å². The Labute approximate surface area is 167 Å². The summed E-state index contributed by atoms with van der Waals surface area (Å²) in [7, 11) is -1.82. The normalized spacial score (nSPS) is 11.6. The molecule has 0 heterocycles. The van der Waals surface area contributed by atoms with Crippen molar-refractivity contribution in [1.82, 2.24) is 4.90 Å². The first kappa shape index (κ1) is 23.1. The standard InChI is InChI=1S/C20H26N2O3S.ClH/c1-20(2,14-21)15-22(3)19(23)18-12-8-7-9-16(18)13-26(24,25)17-10-5-4-6-11-17;/h4-12H,13-15,21H2,1-3H3;1H. The molecule has 0 aliphatic heterocycles. The van der Waals surface area contributed by atoms with Crippen LogP contribution < -0.4 is 5.73 Å². The number of amides is 1. The lowest BCUT2D eigenvalue weighted by Crippen LogP contribution is -2.40. The van der Waals surface area contributed by atoms with E-state index < -0.39 is 9.84 Å². The Balaban J connectivity index is 0.00000364. The average molecular weight is 411 g/mol. The molecule has 0 aromatic heterocycles. The Morgan fingerprint density at radius 2 is 1.59 bits per heavy atom. The second kappa shape index (κ2) is 9.35. The third-order valence-electron chi connectivity index (χ3n) is 4.26. The molecule has 0 fully saturated rings. The SMILES string of the molecule is CN(CC(C)(C)CN)C(=O)c1ccccc1CS(=O)(=O)c1ccccc1.Cl. The molecule has 7 heteroatoms. The van der Waals surface area contributed by atoms with Crippen molar-refractivity contribution in [3.8, 4) is 0 Å². The molecule has 2 aromatic rings. The highest BCUT2D eigenvalue weighted by Crippen LogP contribution is 2.21. The van der Waals surface area contributed by atoms with Crippen molar-refractivity contribution in [3.05, 3.63) is 65.7 Å². The van der Waals surface area contributed by atoms with E-state index in [2.05, 4.69) is 0 Å². The molecule has 2 aromatic carbocycles. The molecule has 0 radical (unpaired) electrons. The lowest BCUT2D eigenvalue weighted by molar-refractivity contribution is 0.0740. The van der Waals surface area contributed by atoms with Crippen molar-refractivity contribution < 1.29 is 13.2 Å². The Morgan fingerprint density at radius 1 is 1.04 bits per heavy atom. The van der Waals surface area contributed by atoms with E-state index in [-0.39, 0.29) is 34.4 Å². The van der Waals surface area contributed by atoms with E-state index in [0.717, 1.165) is 0 Å². The van der Waals surface area contributed by atoms with Gasteiger partial charge in [-0.25, -0.2) is 8.42 Å². The van der Waals surface area contributed by atoms with Gasteiger partial charge in [-0.1, -0.05) is 50.2 Å². The van der Waals surface area contributed by atoms with Gasteiger partial charge in [0, 0.05) is 19.2 Å². The number of nitrogens with two attached hydrogens (primary N) is 1. The van der Waals surface area contributed by atoms with Crippen LogP contribution in [0.2, 0.25) is 0 Å². The lowest BCUT2D eigenvalue weighted by atomic mass is 9.93. The smallest absolute Gasteiger partial charge is 0.253 e. The van der Waals surface area contributed by atoms with Gasteiger partial charge in [-0.15, -0.1) is 12.4 Å². The summed E-state index contributed by atoms with van der Waals surface area (Å²) >= 11 is 0. The second-order valence-electron chi connectivity index (χ2n) is 7.26. The van der Waals surface area contributed by atoms with Crippen LogP contribution in [-0.2, 0) is 15.6 Å². The highest BCUT2D eigenvalue weighted by molar-refractivity contribution is 7.90. The van der Waals surface area contributed by atoms with Gasteiger partial charge in [0.2, 0.25) is 0 Å². The highest BCUT2D eigenvalue weighted by atomic mass is 35.5. The molecule has 0 aliphatic carbocycles. The molecule has 2 rings (SSSR count). The van der Waals surface area contributed by atoms with Gasteiger partial charge >= 0.3 is 0 Å². The van der Waals surface area contributed by atoms with Crippen LogP contribution in [0.25, 0.3) is 0 Å². The number of rotatable bonds is 7. The fourth-order valence-corrected chi connectivity index (χ4v) is 4.15. The number of sulfone groups is 1. The van der Waals surface area contributed by atoms with Crippen molar-refractivity contribution in [3.63, 3.8) is 0 Å². The summed E-state index contributed by atoms with van der Waals surface area (Å²) < 4.78 is 25.4. The molecular weight excluding hydrogens is 384 g/mol. The largest absolute Gasteiger partial charge is 0.341 e. The van der Waals surface area contributed by atoms with E-state index in [1.165, 1.54) is 0 Å². The highest BCUT2D eigenvalue weighted by Gasteiger charge is 2.25. The van der Waals surface area contributed by atoms with Crippen molar-refractivity contribution >= 4 is 28.2 Å². The van der Waals surface area contributed by atoms with Crippen LogP contribution >= 0.6 is 12.4 Å². The van der Waals surface area contributed by atoms with Gasteiger partial charge in [0.05, 0.1) is 10.6 Å². The van der Waals surface area contributed by atoms with Gasteiger partial charge in [0.25, 0.3) is 5.91 Å². The maximum absolute atomic E-state index is 12.9. The van der Waals surface area contributed by atoms with E-state index in [1.807, 2.05) is 13.8 Å². The quantitative estimate of drug-likeness (QED) is 0.760. The van der Waals surface area contributed by atoms with Crippen molar-refractivity contribution in [1.29, 1.82) is 0 Å². The van der Waals surface area contributed by atoms with E-state index in [1.54, 1.807) is 66.5 Å². The van der Waals surface area contributed by atoms with Gasteiger partial charge in [-0.3, -0.25) is 4.79 Å². The van der Waals surface area contributed by atoms with Crippen molar-refractivity contribution in [2.24, 2.45) is 11.1 Å². The third kappa shape index (κ3) is 6.06. The summed E-state index contributed by atoms with van der Waals surface area (Å²) in [6, 6.07) is 15.1. The van der Waals surface area contributed by atoms with E-state index in [9.17, 15) is 13.2 Å². The number of hydrogen-bond acceptors (Lipinski definition) is 4. The number of hydrogen-bond donors (Lipinski definition) is 1. The predicted molar refractivity (Wildman–Crippen MR) is 111 cm³/mol. The van der Waals surface area contributed by atoms with Crippen molar-refractivity contribution in [2.75, 3.05) is 20.1 Å². The van der Waals surface area contributed by atoms with Crippen LogP contribution in [0.1, 0.15) is 29.8 Å². The van der Waals surface area contributed by atoms with E-state index in [4.69, 9.17) is 5.73 Å². The van der Waals surface area contributed by atoms with Crippen LogP contribution in [0.5, 0.6) is 0 Å². The lowest BCUT2D eigenvalue weighted by Gasteiger charge is -2.29. The van der Waals surface area contributed by atoms with Gasteiger partial charge in [-0.2, -0.15) is 0 Å². The Bertz CT molecular complexity index is 868. The van der Waals surface area contributed by atoms with Gasteiger partial charge < -0.3 is 10.6 Å². The fraction of sp³-hybridized carbons (Fsp3) is 0.350. The summed E-state index contributed by atoms with van der Waals surface area (Å²) in [5.41, 5.74) is 6.44. The van der Waals surface area contributed by atoms with Gasteiger partial charge in [-0.05, 0) is 35.7 Å². The number of carbonyl (C=O) groups excluding carboxylic acids is 1. The average Bonchev–Trinajstić information content (AvgIpc) is 2.61. The molecule has 27 heavy (non-hydrogen) atoms. The monoisotopic (exact) mass is 410 g/mol. The van der Waals surface area contributed by atoms with E-state index in [0.29, 0.717) is 24.2 Å². The number of carbonyl (C=O) groups is 1. The molecule has 1 amide bonds. The zero-order valence-electron chi connectivity index (χ0n) is 15.9. The molecule has 0 spiro atoms. The molecule has 0 saturated carbocycles. The minimum atomic E-state index is -3.53. The first-order valence-electron chi connectivity index (χ1n) is 8.47. The number of nitrogens with zero attached hydrogens (tertiary/aromatic N) is 1. The summed E-state index contributed by atoms with van der Waals surface area (Å²) in [6.45, 7) is 4.92. The van der Waals surface area contributed by atoms with Crippen LogP contribution in [0.3, 0.4) is 0 Å². The molecule has 148 valence electrons.